The first kappa shape index (κ1) is 9.03. The van der Waals surface area contributed by atoms with Crippen LogP contribution < -0.4 is 0 Å². The van der Waals surface area contributed by atoms with Crippen LogP contribution in [0.25, 0.3) is 0 Å². The number of hydrogen-bond donors (Lipinski definition) is 1. The highest BCUT2D eigenvalue weighted by Crippen LogP contribution is 2.55. The largest absolute Gasteiger partial charge is 0.480 e. The lowest BCUT2D eigenvalue weighted by Gasteiger charge is -2.07. The molecule has 0 bridgehead atoms. The molecule has 0 amide bonds. The van der Waals surface area contributed by atoms with E-state index in [1.54, 1.807) is 0 Å². The number of carbonyl (C=O) groups is 2. The van der Waals surface area contributed by atoms with Gasteiger partial charge in [-0.25, -0.2) is 0 Å². The van der Waals surface area contributed by atoms with E-state index in [0.717, 1.165) is 0 Å². The summed E-state index contributed by atoms with van der Waals surface area (Å²) in [5.41, 5.74) is -1.22. The monoisotopic (exact) mass is 172 g/mol. The quantitative estimate of drug-likeness (QED) is 0.501. The van der Waals surface area contributed by atoms with Gasteiger partial charge in [0.2, 0.25) is 0 Å². The van der Waals surface area contributed by atoms with Gasteiger partial charge in [-0.15, -0.1) is 0 Å². The number of methoxy groups -OCH3 is 1. The Balaban J connectivity index is 2.78. The number of carbonyl (C=O) groups excluding carboxylic acids is 1. The molecule has 0 aromatic carbocycles. The molecule has 0 unspecified atom stereocenters. The third kappa shape index (κ3) is 0.983. The van der Waals surface area contributed by atoms with Crippen LogP contribution in [-0.4, -0.2) is 24.2 Å². The fourth-order valence-corrected chi connectivity index (χ4v) is 1.60. The molecule has 0 radical (unpaired) electrons. The normalized spacial score (nSPS) is 32.7. The van der Waals surface area contributed by atoms with E-state index in [0.29, 0.717) is 12.8 Å². The number of ether oxygens (including phenoxy) is 1. The second kappa shape index (κ2) is 2.77. The van der Waals surface area contributed by atoms with Crippen LogP contribution in [0.5, 0.6) is 0 Å². The minimum absolute atomic E-state index is 0.0394. The predicted octanol–water partition coefficient (Wildman–Crippen LogP) is 0.660. The van der Waals surface area contributed by atoms with Gasteiger partial charge in [0.05, 0.1) is 7.11 Å². The van der Waals surface area contributed by atoms with Crippen molar-refractivity contribution in [1.82, 2.24) is 0 Å². The lowest BCUT2D eigenvalue weighted by molar-refractivity contribution is -0.160. The third-order valence-corrected chi connectivity index (χ3v) is 2.53. The molecular weight excluding hydrogens is 160 g/mol. The molecule has 1 rings (SSSR count). The molecule has 0 aromatic heterocycles. The zero-order valence-corrected chi connectivity index (χ0v) is 7.16. The Morgan fingerprint density at radius 2 is 2.25 bits per heavy atom. The molecule has 0 heterocycles. The Morgan fingerprint density at radius 3 is 2.50 bits per heavy atom. The molecule has 4 heteroatoms. The number of carboxylic acid groups (broad SMARTS) is 1. The third-order valence-electron chi connectivity index (χ3n) is 2.53. The summed E-state index contributed by atoms with van der Waals surface area (Å²) in [4.78, 5) is 21.9. The molecular formula is C8H12O4. The van der Waals surface area contributed by atoms with E-state index in [2.05, 4.69) is 4.74 Å². The van der Waals surface area contributed by atoms with Gasteiger partial charge in [-0.2, -0.15) is 0 Å². The number of esters is 1. The molecule has 12 heavy (non-hydrogen) atoms. The van der Waals surface area contributed by atoms with Crippen molar-refractivity contribution in [2.24, 2.45) is 11.3 Å². The van der Waals surface area contributed by atoms with E-state index < -0.39 is 17.4 Å². The summed E-state index contributed by atoms with van der Waals surface area (Å²) in [7, 11) is 1.22. The average molecular weight is 172 g/mol. The molecule has 68 valence electrons. The Morgan fingerprint density at radius 1 is 1.67 bits per heavy atom. The van der Waals surface area contributed by atoms with E-state index in [-0.39, 0.29) is 5.92 Å². The van der Waals surface area contributed by atoms with Crippen molar-refractivity contribution in [2.75, 3.05) is 7.11 Å². The van der Waals surface area contributed by atoms with Crippen molar-refractivity contribution >= 4 is 11.9 Å². The van der Waals surface area contributed by atoms with Crippen LogP contribution in [0.3, 0.4) is 0 Å². The SMILES string of the molecule is CC[C@@H]1C[C@@]1(C(=O)O)C(=O)OC. The van der Waals surface area contributed by atoms with Crippen LogP contribution in [0.15, 0.2) is 0 Å². The van der Waals surface area contributed by atoms with Gasteiger partial charge in [0.15, 0.2) is 5.41 Å². The molecule has 0 aromatic rings. The van der Waals surface area contributed by atoms with E-state index in [1.165, 1.54) is 7.11 Å². The molecule has 1 saturated carbocycles. The van der Waals surface area contributed by atoms with Crippen LogP contribution in [-0.2, 0) is 14.3 Å². The van der Waals surface area contributed by atoms with E-state index in [9.17, 15) is 9.59 Å². The first-order valence-electron chi connectivity index (χ1n) is 3.91. The molecule has 2 atom stereocenters. The Kier molecular flexibility index (Phi) is 2.08. The van der Waals surface area contributed by atoms with Gasteiger partial charge in [-0.3, -0.25) is 9.59 Å². The number of aliphatic carboxylic acids is 1. The smallest absolute Gasteiger partial charge is 0.323 e. The summed E-state index contributed by atoms with van der Waals surface area (Å²) < 4.78 is 4.45. The number of rotatable bonds is 3. The van der Waals surface area contributed by atoms with Crippen LogP contribution in [0, 0.1) is 11.3 Å². The van der Waals surface area contributed by atoms with Crippen LogP contribution in [0.2, 0.25) is 0 Å². The summed E-state index contributed by atoms with van der Waals surface area (Å²) in [5.74, 6) is -1.70. The second-order valence-corrected chi connectivity index (χ2v) is 3.08. The molecule has 1 aliphatic carbocycles. The highest BCUT2D eigenvalue weighted by molar-refractivity contribution is 6.02. The second-order valence-electron chi connectivity index (χ2n) is 3.08. The van der Waals surface area contributed by atoms with Gasteiger partial charge in [0.25, 0.3) is 0 Å². The fourth-order valence-electron chi connectivity index (χ4n) is 1.60. The zero-order chi connectivity index (χ0) is 9.35. The Bertz CT molecular complexity index is 223. The van der Waals surface area contributed by atoms with Crippen molar-refractivity contribution in [3.05, 3.63) is 0 Å². The molecule has 0 saturated heterocycles. The molecule has 4 nitrogen and oxygen atoms in total. The van der Waals surface area contributed by atoms with Crippen LogP contribution in [0.4, 0.5) is 0 Å². The first-order valence-corrected chi connectivity index (χ1v) is 3.91. The minimum atomic E-state index is -1.22. The number of carboxylic acids is 1. The molecule has 1 N–H and O–H groups in total. The summed E-state index contributed by atoms with van der Waals surface area (Å²) >= 11 is 0. The summed E-state index contributed by atoms with van der Waals surface area (Å²) in [5, 5.41) is 8.81. The predicted molar refractivity (Wildman–Crippen MR) is 40.5 cm³/mol. The maximum absolute atomic E-state index is 11.1. The van der Waals surface area contributed by atoms with Gasteiger partial charge in [0.1, 0.15) is 0 Å². The highest BCUT2D eigenvalue weighted by atomic mass is 16.5. The minimum Gasteiger partial charge on any atom is -0.480 e. The van der Waals surface area contributed by atoms with E-state index >= 15 is 0 Å². The molecule has 1 fully saturated rings. The lowest BCUT2D eigenvalue weighted by Crippen LogP contribution is -2.28. The first-order chi connectivity index (χ1) is 5.59. The van der Waals surface area contributed by atoms with Crippen LogP contribution in [0.1, 0.15) is 19.8 Å². The maximum Gasteiger partial charge on any atom is 0.323 e. The van der Waals surface area contributed by atoms with Crippen LogP contribution >= 0.6 is 0 Å². The number of hydrogen-bond acceptors (Lipinski definition) is 3. The van der Waals surface area contributed by atoms with Crippen molar-refractivity contribution in [3.8, 4) is 0 Å². The van der Waals surface area contributed by atoms with E-state index in [4.69, 9.17) is 5.11 Å². The molecule has 1 aliphatic rings. The summed E-state index contributed by atoms with van der Waals surface area (Å²) in [6.45, 7) is 1.87. The summed E-state index contributed by atoms with van der Waals surface area (Å²) in [6, 6.07) is 0. The van der Waals surface area contributed by atoms with Crippen molar-refractivity contribution in [2.45, 2.75) is 19.8 Å². The lowest BCUT2D eigenvalue weighted by atomic mass is 10.0. The fraction of sp³-hybridized carbons (Fsp3) is 0.750. The van der Waals surface area contributed by atoms with E-state index in [1.807, 2.05) is 6.92 Å². The van der Waals surface area contributed by atoms with Crippen molar-refractivity contribution in [3.63, 3.8) is 0 Å². The molecule has 0 aliphatic heterocycles. The average Bonchev–Trinajstić information content (AvgIpc) is 2.78. The van der Waals surface area contributed by atoms with Gasteiger partial charge >= 0.3 is 11.9 Å². The summed E-state index contributed by atoms with van der Waals surface area (Å²) in [6.07, 6.45) is 1.13. The van der Waals surface area contributed by atoms with Gasteiger partial charge in [-0.05, 0) is 12.3 Å². The highest BCUT2D eigenvalue weighted by Gasteiger charge is 2.66. The Labute approximate surface area is 70.5 Å². The van der Waals surface area contributed by atoms with Gasteiger partial charge < -0.3 is 9.84 Å². The Hall–Kier alpha value is -1.06. The maximum atomic E-state index is 11.1. The zero-order valence-electron chi connectivity index (χ0n) is 7.16. The topological polar surface area (TPSA) is 63.6 Å². The van der Waals surface area contributed by atoms with Crippen molar-refractivity contribution < 1.29 is 19.4 Å². The van der Waals surface area contributed by atoms with Crippen molar-refractivity contribution in [1.29, 1.82) is 0 Å². The standard InChI is InChI=1S/C8H12O4/c1-3-5-4-8(5,6(9)10)7(11)12-2/h5H,3-4H2,1-2H3,(H,9,10)/t5-,8-/m1/s1. The van der Waals surface area contributed by atoms with Gasteiger partial charge in [-0.1, -0.05) is 13.3 Å². The molecule has 0 spiro atoms. The van der Waals surface area contributed by atoms with Gasteiger partial charge in [0, 0.05) is 0 Å².